The molecule has 0 aromatic carbocycles. The number of carbonyl (C=O) groups is 1. The number of nitrogens with one attached hydrogen (secondary N) is 1. The fourth-order valence-electron chi connectivity index (χ4n) is 1.59. The molecule has 0 bridgehead atoms. The second kappa shape index (κ2) is 4.66. The van der Waals surface area contributed by atoms with Crippen LogP contribution in [0.5, 0.6) is 0 Å². The van der Waals surface area contributed by atoms with Crippen molar-refractivity contribution in [3.8, 4) is 0 Å². The quantitative estimate of drug-likeness (QED) is 0.918. The second-order valence-corrected chi connectivity index (χ2v) is 4.30. The van der Waals surface area contributed by atoms with Gasteiger partial charge in [-0.05, 0) is 40.9 Å². The topological polar surface area (TPSA) is 42.2 Å². The minimum atomic E-state index is 0.184. The summed E-state index contributed by atoms with van der Waals surface area (Å²) in [5.74, 6) is 1.06. The lowest BCUT2D eigenvalue weighted by Gasteiger charge is -2.16. The molecule has 0 fully saturated rings. The van der Waals surface area contributed by atoms with E-state index in [0.717, 1.165) is 24.3 Å². The molecule has 15 heavy (non-hydrogen) atoms. The van der Waals surface area contributed by atoms with Crippen molar-refractivity contribution in [2.75, 3.05) is 0 Å². The Labute approximate surface area is 96.7 Å². The van der Waals surface area contributed by atoms with Gasteiger partial charge in [0.15, 0.2) is 5.78 Å². The van der Waals surface area contributed by atoms with Gasteiger partial charge in [0, 0.05) is 12.1 Å². The van der Waals surface area contributed by atoms with E-state index in [2.05, 4.69) is 21.2 Å². The lowest BCUT2D eigenvalue weighted by atomic mass is 10.0. The van der Waals surface area contributed by atoms with Crippen LogP contribution in [0.2, 0.25) is 0 Å². The van der Waals surface area contributed by atoms with Crippen LogP contribution in [-0.2, 0) is 11.3 Å². The highest BCUT2D eigenvalue weighted by Crippen LogP contribution is 2.24. The van der Waals surface area contributed by atoms with Gasteiger partial charge in [0.1, 0.15) is 5.76 Å². The summed E-state index contributed by atoms with van der Waals surface area (Å²) in [5, 5.41) is 3.22. The molecular formula is C11H12BrNO2. The van der Waals surface area contributed by atoms with E-state index in [4.69, 9.17) is 4.42 Å². The van der Waals surface area contributed by atoms with Crippen LogP contribution >= 0.6 is 15.9 Å². The van der Waals surface area contributed by atoms with E-state index in [9.17, 15) is 4.79 Å². The van der Waals surface area contributed by atoms with Gasteiger partial charge in [-0.15, -0.1) is 0 Å². The molecule has 0 saturated carbocycles. The molecule has 2 rings (SSSR count). The summed E-state index contributed by atoms with van der Waals surface area (Å²) in [6.07, 6.45) is 4.14. The number of ketones is 1. The average Bonchev–Trinajstić information content (AvgIpc) is 2.73. The summed E-state index contributed by atoms with van der Waals surface area (Å²) >= 11 is 3.32. The first kappa shape index (κ1) is 10.5. The van der Waals surface area contributed by atoms with Crippen LogP contribution in [0, 0.1) is 0 Å². The molecule has 1 aromatic heterocycles. The molecule has 0 spiro atoms. The molecule has 1 heterocycles. The predicted molar refractivity (Wildman–Crippen MR) is 60.4 cm³/mol. The summed E-state index contributed by atoms with van der Waals surface area (Å²) < 4.78 is 5.90. The first-order chi connectivity index (χ1) is 7.27. The number of carbonyl (C=O) groups excluding carboxylic acids is 1. The maximum absolute atomic E-state index is 11.4. The zero-order valence-electron chi connectivity index (χ0n) is 8.25. The molecule has 0 saturated heterocycles. The Hall–Kier alpha value is -1.03. The summed E-state index contributed by atoms with van der Waals surface area (Å²) in [6, 6.07) is 3.76. The third-order valence-corrected chi connectivity index (χ3v) is 3.32. The van der Waals surface area contributed by atoms with E-state index in [1.807, 2.05) is 12.1 Å². The van der Waals surface area contributed by atoms with Gasteiger partial charge >= 0.3 is 0 Å². The van der Waals surface area contributed by atoms with Gasteiger partial charge in [-0.3, -0.25) is 4.79 Å². The highest BCUT2D eigenvalue weighted by atomic mass is 79.9. The van der Waals surface area contributed by atoms with Gasteiger partial charge in [-0.25, -0.2) is 0 Å². The number of hydrogen-bond donors (Lipinski definition) is 1. The fraction of sp³-hybridized carbons (Fsp3) is 0.364. The maximum Gasteiger partial charge on any atom is 0.171 e. The molecule has 0 aliphatic heterocycles. The molecule has 1 aliphatic carbocycles. The Kier molecular flexibility index (Phi) is 3.26. The zero-order valence-corrected chi connectivity index (χ0v) is 9.84. The van der Waals surface area contributed by atoms with E-state index in [1.54, 1.807) is 6.26 Å². The monoisotopic (exact) mass is 269 g/mol. The lowest BCUT2D eigenvalue weighted by molar-refractivity contribution is -0.115. The van der Waals surface area contributed by atoms with E-state index >= 15 is 0 Å². The van der Waals surface area contributed by atoms with Crippen molar-refractivity contribution in [2.45, 2.75) is 25.8 Å². The number of furan rings is 1. The van der Waals surface area contributed by atoms with Gasteiger partial charge in [0.25, 0.3) is 0 Å². The molecule has 80 valence electrons. The third-order valence-electron chi connectivity index (χ3n) is 2.40. The largest absolute Gasteiger partial charge is 0.467 e. The highest BCUT2D eigenvalue weighted by molar-refractivity contribution is 9.12. The third kappa shape index (κ3) is 2.50. The number of halogens is 1. The van der Waals surface area contributed by atoms with Crippen LogP contribution in [0.25, 0.3) is 0 Å². The summed E-state index contributed by atoms with van der Waals surface area (Å²) in [6.45, 7) is 0.630. The second-order valence-electron chi connectivity index (χ2n) is 3.50. The molecule has 0 amide bonds. The number of allylic oxidation sites excluding steroid dienone is 2. The number of rotatable bonds is 3. The van der Waals surface area contributed by atoms with E-state index in [1.165, 1.54) is 0 Å². The normalized spacial score (nSPS) is 17.0. The number of Topliss-reactive ketones (excluding diaryl/α,β-unsaturated/α-hetero) is 1. The molecule has 0 radical (unpaired) electrons. The average molecular weight is 270 g/mol. The minimum Gasteiger partial charge on any atom is -0.467 e. The molecular weight excluding hydrogens is 258 g/mol. The van der Waals surface area contributed by atoms with Gasteiger partial charge < -0.3 is 9.73 Å². The zero-order chi connectivity index (χ0) is 10.7. The van der Waals surface area contributed by atoms with Crippen molar-refractivity contribution in [1.29, 1.82) is 0 Å². The molecule has 4 heteroatoms. The Balaban J connectivity index is 1.99. The van der Waals surface area contributed by atoms with Crippen LogP contribution in [-0.4, -0.2) is 5.78 Å². The standard InChI is InChI=1S/C11H12BrNO2/c12-11-9(4-1-5-10(11)14)13-7-8-3-2-6-15-8/h2-3,6,13H,1,4-5,7H2. The SMILES string of the molecule is O=C1CCCC(NCc2ccco2)=C1Br. The Bertz CT molecular complexity index is 381. The van der Waals surface area contributed by atoms with E-state index < -0.39 is 0 Å². The smallest absolute Gasteiger partial charge is 0.171 e. The molecule has 3 nitrogen and oxygen atoms in total. The Morgan fingerprint density at radius 1 is 1.47 bits per heavy atom. The van der Waals surface area contributed by atoms with Crippen molar-refractivity contribution in [3.63, 3.8) is 0 Å². The Morgan fingerprint density at radius 2 is 2.33 bits per heavy atom. The minimum absolute atomic E-state index is 0.184. The van der Waals surface area contributed by atoms with Crippen molar-refractivity contribution in [1.82, 2.24) is 5.32 Å². The van der Waals surface area contributed by atoms with E-state index in [0.29, 0.717) is 17.4 Å². The lowest BCUT2D eigenvalue weighted by Crippen LogP contribution is -2.19. The Morgan fingerprint density at radius 3 is 3.07 bits per heavy atom. The highest BCUT2D eigenvalue weighted by Gasteiger charge is 2.17. The van der Waals surface area contributed by atoms with Crippen LogP contribution < -0.4 is 5.32 Å². The first-order valence-corrected chi connectivity index (χ1v) is 5.75. The molecule has 1 aromatic rings. The summed E-state index contributed by atoms with van der Waals surface area (Å²) in [4.78, 5) is 11.4. The first-order valence-electron chi connectivity index (χ1n) is 4.95. The predicted octanol–water partition coefficient (Wildman–Crippen LogP) is 2.73. The van der Waals surface area contributed by atoms with Gasteiger partial charge in [0.05, 0.1) is 17.3 Å². The molecule has 1 N–H and O–H groups in total. The van der Waals surface area contributed by atoms with Gasteiger partial charge in [-0.1, -0.05) is 0 Å². The molecule has 1 aliphatic rings. The van der Waals surface area contributed by atoms with Crippen molar-refractivity contribution < 1.29 is 9.21 Å². The van der Waals surface area contributed by atoms with Crippen molar-refractivity contribution >= 4 is 21.7 Å². The van der Waals surface area contributed by atoms with Gasteiger partial charge in [0.2, 0.25) is 0 Å². The molecule has 0 atom stereocenters. The summed E-state index contributed by atoms with van der Waals surface area (Å²) in [5.41, 5.74) is 0.989. The van der Waals surface area contributed by atoms with Crippen LogP contribution in [0.3, 0.4) is 0 Å². The van der Waals surface area contributed by atoms with Crippen LogP contribution in [0.15, 0.2) is 33.0 Å². The molecule has 0 unspecified atom stereocenters. The van der Waals surface area contributed by atoms with Crippen molar-refractivity contribution in [2.24, 2.45) is 0 Å². The number of hydrogen-bond acceptors (Lipinski definition) is 3. The van der Waals surface area contributed by atoms with E-state index in [-0.39, 0.29) is 5.78 Å². The fourth-order valence-corrected chi connectivity index (χ4v) is 2.12. The van der Waals surface area contributed by atoms with Crippen molar-refractivity contribution in [3.05, 3.63) is 34.3 Å². The van der Waals surface area contributed by atoms with Crippen LogP contribution in [0.4, 0.5) is 0 Å². The van der Waals surface area contributed by atoms with Crippen LogP contribution in [0.1, 0.15) is 25.0 Å². The van der Waals surface area contributed by atoms with Gasteiger partial charge in [-0.2, -0.15) is 0 Å². The summed E-state index contributed by atoms with van der Waals surface area (Å²) in [7, 11) is 0. The maximum atomic E-state index is 11.4.